The standard InChI is InChI=1S/C42H29N/c1-2-14-33-27-35(26-25-30(33)11-1)34-17-7-19-37(28-34)43(42-24-10-16-32-13-4-6-22-41(32)42)38-20-8-18-36(29-38)40-23-9-15-31-12-3-5-21-39(31)40/h1-29H/i8D,18D,20D,29D. The third-order valence-electron chi connectivity index (χ3n) is 8.09. The van der Waals surface area contributed by atoms with E-state index in [0.717, 1.165) is 49.4 Å². The minimum atomic E-state index is -0.213. The van der Waals surface area contributed by atoms with Gasteiger partial charge in [-0.1, -0.05) is 139 Å². The second kappa shape index (κ2) is 10.6. The number of rotatable bonds is 5. The van der Waals surface area contributed by atoms with E-state index in [1.54, 1.807) is 0 Å². The second-order valence-corrected chi connectivity index (χ2v) is 10.7. The molecule has 202 valence electrons. The molecule has 0 spiro atoms. The Bertz CT molecular complexity index is 2480. The number of anilines is 3. The average molecular weight is 552 g/mol. The summed E-state index contributed by atoms with van der Waals surface area (Å²) in [5, 5.41) is 6.18. The summed E-state index contributed by atoms with van der Waals surface area (Å²) in [6.07, 6.45) is 0. The van der Waals surface area contributed by atoms with Crippen LogP contribution in [0.5, 0.6) is 0 Å². The first-order chi connectivity index (χ1) is 23.0. The molecule has 0 radical (unpaired) electrons. The van der Waals surface area contributed by atoms with Gasteiger partial charge in [-0.05, 0) is 85.5 Å². The number of hydrogen-bond acceptors (Lipinski definition) is 1. The van der Waals surface area contributed by atoms with Crippen LogP contribution in [-0.2, 0) is 0 Å². The summed E-state index contributed by atoms with van der Waals surface area (Å²) in [6, 6.07) is 50.2. The number of nitrogens with zero attached hydrogens (tertiary/aromatic N) is 1. The van der Waals surface area contributed by atoms with Gasteiger partial charge in [0.1, 0.15) is 0 Å². The third kappa shape index (κ3) is 4.62. The molecule has 0 fully saturated rings. The lowest BCUT2D eigenvalue weighted by molar-refractivity contribution is 1.30. The smallest absolute Gasteiger partial charge is 0.0651 e. The summed E-state index contributed by atoms with van der Waals surface area (Å²) in [7, 11) is 0. The summed E-state index contributed by atoms with van der Waals surface area (Å²) < 4.78 is 37.1. The maximum Gasteiger partial charge on any atom is 0.0651 e. The van der Waals surface area contributed by atoms with Crippen LogP contribution in [0.3, 0.4) is 0 Å². The molecule has 43 heavy (non-hydrogen) atoms. The van der Waals surface area contributed by atoms with E-state index >= 15 is 0 Å². The Kier molecular flexibility index (Phi) is 5.22. The largest absolute Gasteiger partial charge is 0.310 e. The van der Waals surface area contributed by atoms with E-state index in [1.807, 2.05) is 102 Å². The molecule has 0 aliphatic rings. The third-order valence-corrected chi connectivity index (χ3v) is 8.09. The Hall–Kier alpha value is -5.66. The van der Waals surface area contributed by atoms with E-state index in [1.165, 1.54) is 5.39 Å². The molecular formula is C42H29N. The van der Waals surface area contributed by atoms with Crippen molar-refractivity contribution in [1.82, 2.24) is 0 Å². The van der Waals surface area contributed by atoms with Crippen LogP contribution < -0.4 is 4.90 Å². The van der Waals surface area contributed by atoms with Gasteiger partial charge in [0.25, 0.3) is 0 Å². The molecular weight excluding hydrogens is 518 g/mol. The van der Waals surface area contributed by atoms with Crippen molar-refractivity contribution in [2.24, 2.45) is 0 Å². The van der Waals surface area contributed by atoms with E-state index < -0.39 is 0 Å². The lowest BCUT2D eigenvalue weighted by Crippen LogP contribution is -2.10. The SMILES string of the molecule is [2H]c1c([2H])c(-c2cccc3ccccc23)c([2H])c(N(c2cccc(-c3ccc4ccccc4c3)c2)c2cccc3ccccc23)c1[2H]. The topological polar surface area (TPSA) is 3.24 Å². The Labute approximate surface area is 257 Å². The average Bonchev–Trinajstić information content (AvgIpc) is 3.12. The molecule has 8 aromatic carbocycles. The van der Waals surface area contributed by atoms with Crippen LogP contribution in [0.25, 0.3) is 54.6 Å². The lowest BCUT2D eigenvalue weighted by atomic mass is 9.97. The van der Waals surface area contributed by atoms with Gasteiger partial charge in [-0.25, -0.2) is 0 Å². The summed E-state index contributed by atoms with van der Waals surface area (Å²) in [5.74, 6) is 0. The van der Waals surface area contributed by atoms with Gasteiger partial charge in [0.15, 0.2) is 0 Å². The minimum absolute atomic E-state index is 0.0383. The van der Waals surface area contributed by atoms with Crippen LogP contribution in [0.2, 0.25) is 0 Å². The van der Waals surface area contributed by atoms with Crippen LogP contribution in [0.4, 0.5) is 17.1 Å². The van der Waals surface area contributed by atoms with Crippen molar-refractivity contribution in [2.45, 2.75) is 0 Å². The molecule has 0 atom stereocenters. The predicted molar refractivity (Wildman–Crippen MR) is 185 cm³/mol. The molecule has 0 aliphatic heterocycles. The van der Waals surface area contributed by atoms with E-state index in [4.69, 9.17) is 2.74 Å². The highest BCUT2D eigenvalue weighted by Crippen LogP contribution is 2.42. The lowest BCUT2D eigenvalue weighted by Gasteiger charge is -2.28. The highest BCUT2D eigenvalue weighted by Gasteiger charge is 2.17. The summed E-state index contributed by atoms with van der Waals surface area (Å²) in [5.41, 5.74) is 4.91. The first kappa shape index (κ1) is 21.1. The van der Waals surface area contributed by atoms with Gasteiger partial charge in [0.05, 0.1) is 11.2 Å². The van der Waals surface area contributed by atoms with Crippen molar-refractivity contribution >= 4 is 49.4 Å². The van der Waals surface area contributed by atoms with Crippen molar-refractivity contribution in [1.29, 1.82) is 0 Å². The van der Waals surface area contributed by atoms with Crippen LogP contribution in [0.15, 0.2) is 176 Å². The summed E-state index contributed by atoms with van der Waals surface area (Å²) in [6.45, 7) is 0. The van der Waals surface area contributed by atoms with Crippen molar-refractivity contribution in [3.63, 3.8) is 0 Å². The van der Waals surface area contributed by atoms with Gasteiger partial charge in [-0.3, -0.25) is 0 Å². The molecule has 0 saturated heterocycles. The highest BCUT2D eigenvalue weighted by atomic mass is 15.1. The molecule has 0 saturated carbocycles. The van der Waals surface area contributed by atoms with Crippen LogP contribution in [0, 0.1) is 0 Å². The van der Waals surface area contributed by atoms with E-state index in [-0.39, 0.29) is 29.9 Å². The maximum absolute atomic E-state index is 9.72. The van der Waals surface area contributed by atoms with Crippen molar-refractivity contribution in [2.75, 3.05) is 4.90 Å². The molecule has 0 aromatic heterocycles. The summed E-state index contributed by atoms with van der Waals surface area (Å²) >= 11 is 0. The van der Waals surface area contributed by atoms with Crippen LogP contribution in [-0.4, -0.2) is 0 Å². The molecule has 0 heterocycles. The molecule has 0 bridgehead atoms. The fourth-order valence-corrected chi connectivity index (χ4v) is 6.01. The van der Waals surface area contributed by atoms with Gasteiger partial charge in [0, 0.05) is 16.8 Å². The van der Waals surface area contributed by atoms with Crippen molar-refractivity contribution < 1.29 is 5.48 Å². The molecule has 0 aliphatic carbocycles. The summed E-state index contributed by atoms with van der Waals surface area (Å²) in [4.78, 5) is 1.93. The van der Waals surface area contributed by atoms with Crippen molar-refractivity contribution in [3.8, 4) is 22.3 Å². The molecule has 8 rings (SSSR count). The first-order valence-electron chi connectivity index (χ1n) is 16.5. The maximum atomic E-state index is 9.72. The van der Waals surface area contributed by atoms with Crippen molar-refractivity contribution in [3.05, 3.63) is 176 Å². The van der Waals surface area contributed by atoms with Gasteiger partial charge >= 0.3 is 0 Å². The fourth-order valence-electron chi connectivity index (χ4n) is 6.01. The quantitative estimate of drug-likeness (QED) is 0.206. The van der Waals surface area contributed by atoms with E-state index in [2.05, 4.69) is 54.6 Å². The van der Waals surface area contributed by atoms with Crippen LogP contribution in [0.1, 0.15) is 5.48 Å². The highest BCUT2D eigenvalue weighted by molar-refractivity contribution is 6.01. The van der Waals surface area contributed by atoms with Gasteiger partial charge in [-0.15, -0.1) is 0 Å². The van der Waals surface area contributed by atoms with E-state index in [0.29, 0.717) is 11.1 Å². The Morgan fingerprint density at radius 3 is 1.93 bits per heavy atom. The normalized spacial score (nSPS) is 12.6. The zero-order valence-corrected chi connectivity index (χ0v) is 23.4. The zero-order chi connectivity index (χ0) is 32.1. The van der Waals surface area contributed by atoms with Crippen LogP contribution >= 0.6 is 0 Å². The molecule has 1 heteroatoms. The Morgan fingerprint density at radius 1 is 0.419 bits per heavy atom. The monoisotopic (exact) mass is 551 g/mol. The second-order valence-electron chi connectivity index (χ2n) is 10.7. The number of benzene rings is 8. The molecule has 8 aromatic rings. The van der Waals surface area contributed by atoms with Gasteiger partial charge in [0.2, 0.25) is 0 Å². The number of hydrogen-bond donors (Lipinski definition) is 0. The molecule has 1 nitrogen and oxygen atoms in total. The van der Waals surface area contributed by atoms with Gasteiger partial charge in [-0.2, -0.15) is 0 Å². The number of fused-ring (bicyclic) bond motifs is 3. The Morgan fingerprint density at radius 2 is 1.07 bits per heavy atom. The van der Waals surface area contributed by atoms with Gasteiger partial charge < -0.3 is 4.90 Å². The molecule has 0 unspecified atom stereocenters. The minimum Gasteiger partial charge on any atom is -0.310 e. The Balaban J connectivity index is 1.42. The predicted octanol–water partition coefficient (Wildman–Crippen LogP) is 11.9. The molecule has 0 amide bonds. The first-order valence-corrected chi connectivity index (χ1v) is 14.5. The molecule has 0 N–H and O–H groups in total. The fraction of sp³-hybridized carbons (Fsp3) is 0. The van der Waals surface area contributed by atoms with E-state index in [9.17, 15) is 2.74 Å². The zero-order valence-electron chi connectivity index (χ0n) is 27.4.